The van der Waals surface area contributed by atoms with Crippen LogP contribution in [0.1, 0.15) is 34.2 Å². The van der Waals surface area contributed by atoms with Gasteiger partial charge in [-0.2, -0.15) is 13.2 Å². The second-order valence-electron chi connectivity index (χ2n) is 9.58. The number of hydrogen-bond acceptors (Lipinski definition) is 2. The van der Waals surface area contributed by atoms with Crippen LogP contribution >= 0.6 is 0 Å². The molecule has 5 rings (SSSR count). The lowest BCUT2D eigenvalue weighted by Gasteiger charge is -2.39. The molecule has 0 spiro atoms. The molecule has 0 radical (unpaired) electrons. The fraction of sp³-hybridized carbons (Fsp3) is 0.321. The van der Waals surface area contributed by atoms with E-state index in [1.165, 1.54) is 0 Å². The van der Waals surface area contributed by atoms with E-state index in [1.807, 2.05) is 85.5 Å². The van der Waals surface area contributed by atoms with Crippen molar-refractivity contribution >= 4 is 11.6 Å². The maximum Gasteiger partial charge on any atom is 0.471 e. The zero-order valence-electron chi connectivity index (χ0n) is 19.3. The van der Waals surface area contributed by atoms with Gasteiger partial charge in [-0.15, -0.1) is 0 Å². The van der Waals surface area contributed by atoms with Gasteiger partial charge in [0.05, 0.1) is 0 Å². The number of hydrogen-bond donors (Lipinski definition) is 0. The van der Waals surface area contributed by atoms with Gasteiger partial charge in [-0.25, -0.2) is 0 Å². The maximum absolute atomic E-state index is 13.7. The van der Waals surface area contributed by atoms with E-state index in [0.717, 1.165) is 38.4 Å². The molecule has 2 unspecified atom stereocenters. The summed E-state index contributed by atoms with van der Waals surface area (Å²) >= 11 is 0. The van der Waals surface area contributed by atoms with E-state index in [-0.39, 0.29) is 6.54 Å². The quantitative estimate of drug-likeness (QED) is 0.478. The van der Waals surface area contributed by atoms with E-state index in [1.54, 1.807) is 0 Å². The van der Waals surface area contributed by atoms with Gasteiger partial charge >= 0.3 is 12.1 Å². The Morgan fingerprint density at radius 2 is 1.59 bits per heavy atom. The van der Waals surface area contributed by atoms with Gasteiger partial charge in [-0.3, -0.25) is 4.79 Å². The first-order valence-electron chi connectivity index (χ1n) is 11.5. The number of carbonyl (C=O) groups is 1. The summed E-state index contributed by atoms with van der Waals surface area (Å²) in [5, 5.41) is 0. The molecule has 0 aliphatic carbocycles. The van der Waals surface area contributed by atoms with Crippen molar-refractivity contribution in [3.63, 3.8) is 0 Å². The van der Waals surface area contributed by atoms with Crippen LogP contribution in [-0.4, -0.2) is 29.7 Å². The molecular weight excluding hydrogens is 437 g/mol. The van der Waals surface area contributed by atoms with Crippen molar-refractivity contribution in [2.75, 3.05) is 11.4 Å². The Labute approximate surface area is 197 Å². The molecule has 176 valence electrons. The van der Waals surface area contributed by atoms with E-state index < -0.39 is 23.7 Å². The smallest absolute Gasteiger partial charge is 0.346 e. The molecule has 0 N–H and O–H groups in total. The van der Waals surface area contributed by atoms with Gasteiger partial charge in [-0.1, -0.05) is 77.9 Å². The van der Waals surface area contributed by atoms with Gasteiger partial charge in [0.2, 0.25) is 0 Å². The first-order chi connectivity index (χ1) is 16.2. The van der Waals surface area contributed by atoms with Gasteiger partial charge in [0.25, 0.3) is 0 Å². The minimum Gasteiger partial charge on any atom is -0.346 e. The zero-order chi connectivity index (χ0) is 24.1. The fourth-order valence-corrected chi connectivity index (χ4v) is 5.90. The predicted octanol–water partition coefficient (Wildman–Crippen LogP) is 5.92. The summed E-state index contributed by atoms with van der Waals surface area (Å²) in [6, 6.07) is 24.0. The molecule has 2 heterocycles. The molecule has 2 atom stereocenters. The van der Waals surface area contributed by atoms with Crippen LogP contribution in [0, 0.1) is 13.8 Å². The van der Waals surface area contributed by atoms with Crippen LogP contribution in [0.3, 0.4) is 0 Å². The average molecular weight is 465 g/mol. The minimum absolute atomic E-state index is 0.0769. The number of carbonyl (C=O) groups excluding carboxylic acids is 1. The highest BCUT2D eigenvalue weighted by molar-refractivity contribution is 5.84. The third-order valence-electron chi connectivity index (χ3n) is 7.17. The van der Waals surface area contributed by atoms with Crippen LogP contribution in [0.2, 0.25) is 0 Å². The lowest BCUT2D eigenvalue weighted by atomic mass is 9.74. The van der Waals surface area contributed by atoms with Gasteiger partial charge in [0, 0.05) is 24.2 Å². The number of fused-ring (bicyclic) bond motifs is 3. The Bertz CT molecular complexity index is 1240. The van der Waals surface area contributed by atoms with E-state index in [4.69, 9.17) is 0 Å². The lowest BCUT2D eigenvalue weighted by Crippen LogP contribution is -2.55. The molecule has 1 fully saturated rings. The SMILES string of the molecule is Cc1cccc(CN2c3ccccc3C3(Cc4cccc(C)c4)CCN(C(=O)C(F)(F)F)C23)c1. The molecule has 0 bridgehead atoms. The van der Waals surface area contributed by atoms with Crippen LogP contribution in [0.4, 0.5) is 18.9 Å². The number of halogens is 3. The summed E-state index contributed by atoms with van der Waals surface area (Å²) in [7, 11) is 0. The number of anilines is 1. The molecular formula is C28H27F3N2O. The molecule has 3 aromatic rings. The van der Waals surface area contributed by atoms with E-state index in [9.17, 15) is 18.0 Å². The summed E-state index contributed by atoms with van der Waals surface area (Å²) in [5.74, 6) is -1.76. The van der Waals surface area contributed by atoms with Crippen molar-refractivity contribution in [3.05, 3.63) is 101 Å². The third-order valence-corrected chi connectivity index (χ3v) is 7.17. The van der Waals surface area contributed by atoms with Crippen LogP contribution in [-0.2, 0) is 23.2 Å². The Morgan fingerprint density at radius 3 is 2.26 bits per heavy atom. The molecule has 2 aliphatic heterocycles. The number of amides is 1. The van der Waals surface area contributed by atoms with Gasteiger partial charge < -0.3 is 9.80 Å². The first-order valence-corrected chi connectivity index (χ1v) is 11.5. The number of aryl methyl sites for hydroxylation is 2. The summed E-state index contributed by atoms with van der Waals surface area (Å²) < 4.78 is 41.1. The van der Waals surface area contributed by atoms with Crippen molar-refractivity contribution in [2.24, 2.45) is 0 Å². The van der Waals surface area contributed by atoms with E-state index in [0.29, 0.717) is 19.4 Å². The molecule has 0 aromatic heterocycles. The Kier molecular flexibility index (Phi) is 5.42. The number of para-hydroxylation sites is 1. The number of alkyl halides is 3. The summed E-state index contributed by atoms with van der Waals surface area (Å²) in [5.41, 5.74) is 5.58. The Balaban J connectivity index is 1.65. The van der Waals surface area contributed by atoms with E-state index in [2.05, 4.69) is 6.07 Å². The standard InChI is InChI=1S/C28H27F3N2O/c1-19-7-5-9-21(15-19)17-27-13-14-32(26(34)28(29,30)31)25(27)33(24-12-4-3-11-23(24)27)18-22-10-6-8-20(2)16-22/h3-12,15-16,25H,13-14,17-18H2,1-2H3. The highest BCUT2D eigenvalue weighted by Crippen LogP contribution is 2.54. The average Bonchev–Trinajstić information content (AvgIpc) is 3.27. The Morgan fingerprint density at radius 1 is 0.941 bits per heavy atom. The summed E-state index contributed by atoms with van der Waals surface area (Å²) in [6.45, 7) is 4.52. The molecule has 3 aromatic carbocycles. The molecule has 3 nitrogen and oxygen atoms in total. The molecule has 34 heavy (non-hydrogen) atoms. The highest BCUT2D eigenvalue weighted by Gasteiger charge is 2.61. The molecule has 0 saturated carbocycles. The normalized spacial score (nSPS) is 21.5. The number of benzene rings is 3. The van der Waals surface area contributed by atoms with Crippen molar-refractivity contribution in [1.29, 1.82) is 0 Å². The number of rotatable bonds is 4. The van der Waals surface area contributed by atoms with Crippen molar-refractivity contribution in [1.82, 2.24) is 4.90 Å². The fourth-order valence-electron chi connectivity index (χ4n) is 5.90. The van der Waals surface area contributed by atoms with Crippen molar-refractivity contribution < 1.29 is 18.0 Å². The lowest BCUT2D eigenvalue weighted by molar-refractivity contribution is -0.186. The van der Waals surface area contributed by atoms with Crippen LogP contribution in [0.15, 0.2) is 72.8 Å². The minimum atomic E-state index is -4.91. The van der Waals surface area contributed by atoms with Crippen LogP contribution in [0.25, 0.3) is 0 Å². The maximum atomic E-state index is 13.7. The van der Waals surface area contributed by atoms with Crippen molar-refractivity contribution in [3.8, 4) is 0 Å². The van der Waals surface area contributed by atoms with E-state index >= 15 is 0 Å². The van der Waals surface area contributed by atoms with Crippen molar-refractivity contribution in [2.45, 2.75) is 51.0 Å². The number of nitrogens with zero attached hydrogens (tertiary/aromatic N) is 2. The summed E-state index contributed by atoms with van der Waals surface area (Å²) in [6.07, 6.45) is -4.57. The van der Waals surface area contributed by atoms with Crippen LogP contribution in [0.5, 0.6) is 0 Å². The topological polar surface area (TPSA) is 23.6 Å². The zero-order valence-corrected chi connectivity index (χ0v) is 19.3. The molecule has 1 saturated heterocycles. The predicted molar refractivity (Wildman–Crippen MR) is 127 cm³/mol. The molecule has 6 heteroatoms. The van der Waals surface area contributed by atoms with Crippen LogP contribution < -0.4 is 4.90 Å². The van der Waals surface area contributed by atoms with Gasteiger partial charge in [0.15, 0.2) is 0 Å². The van der Waals surface area contributed by atoms with Gasteiger partial charge in [0.1, 0.15) is 6.17 Å². The number of likely N-dealkylation sites (tertiary alicyclic amines) is 1. The second kappa shape index (κ2) is 8.19. The second-order valence-corrected chi connectivity index (χ2v) is 9.58. The van der Waals surface area contributed by atoms with Gasteiger partial charge in [-0.05, 0) is 49.4 Å². The summed E-state index contributed by atoms with van der Waals surface area (Å²) in [4.78, 5) is 15.7. The Hall–Kier alpha value is -3.28. The third kappa shape index (κ3) is 3.75. The largest absolute Gasteiger partial charge is 0.471 e. The highest BCUT2D eigenvalue weighted by atomic mass is 19.4. The monoisotopic (exact) mass is 464 g/mol. The molecule has 1 amide bonds. The molecule has 2 aliphatic rings. The first kappa shape index (κ1) is 22.5.